The summed E-state index contributed by atoms with van der Waals surface area (Å²) in [6, 6.07) is 9.75. The van der Waals surface area contributed by atoms with Crippen LogP contribution in [-0.2, 0) is 0 Å². The highest BCUT2D eigenvalue weighted by molar-refractivity contribution is 5.26. The highest BCUT2D eigenvalue weighted by Crippen LogP contribution is 2.35. The van der Waals surface area contributed by atoms with Gasteiger partial charge in [-0.15, -0.1) is 0 Å². The van der Waals surface area contributed by atoms with E-state index < -0.39 is 0 Å². The van der Waals surface area contributed by atoms with Gasteiger partial charge in [-0.1, -0.05) is 36.8 Å². The van der Waals surface area contributed by atoms with Crippen molar-refractivity contribution in [3.63, 3.8) is 0 Å². The summed E-state index contributed by atoms with van der Waals surface area (Å²) < 4.78 is 0. The summed E-state index contributed by atoms with van der Waals surface area (Å²) in [6.07, 6.45) is 1.29. The maximum Gasteiger partial charge on any atom is 0.00699 e. The van der Waals surface area contributed by atoms with Gasteiger partial charge < -0.3 is 4.90 Å². The van der Waals surface area contributed by atoms with Crippen LogP contribution in [0, 0.1) is 12.8 Å². The molecule has 3 atom stereocenters. The molecule has 1 aromatic rings. The van der Waals surface area contributed by atoms with E-state index in [1.165, 1.54) is 24.1 Å². The second-order valence-corrected chi connectivity index (χ2v) is 5.52. The first-order valence-corrected chi connectivity index (χ1v) is 6.34. The number of benzene rings is 1. The van der Waals surface area contributed by atoms with Gasteiger partial charge in [-0.2, -0.15) is 0 Å². The Kier molecular flexibility index (Phi) is 3.34. The van der Waals surface area contributed by atoms with Gasteiger partial charge in [0.2, 0.25) is 0 Å². The standard InChI is InChI=1S/C15H23N/c1-11-6-5-7-14(8-11)15-9-13(3)16(4)10-12(15)2/h5-8,12-13,15H,9-10H2,1-4H3. The Morgan fingerprint density at radius 3 is 2.69 bits per heavy atom. The number of rotatable bonds is 1. The van der Waals surface area contributed by atoms with E-state index in [4.69, 9.17) is 0 Å². The monoisotopic (exact) mass is 217 g/mol. The molecule has 0 spiro atoms. The van der Waals surface area contributed by atoms with E-state index in [1.54, 1.807) is 0 Å². The van der Waals surface area contributed by atoms with Crippen LogP contribution >= 0.6 is 0 Å². The number of likely N-dealkylation sites (tertiary alicyclic amines) is 1. The molecule has 1 heteroatoms. The molecule has 0 saturated carbocycles. The average molecular weight is 217 g/mol. The highest BCUT2D eigenvalue weighted by atomic mass is 15.1. The van der Waals surface area contributed by atoms with Crippen molar-refractivity contribution in [1.29, 1.82) is 0 Å². The molecule has 1 aromatic carbocycles. The van der Waals surface area contributed by atoms with Gasteiger partial charge in [0, 0.05) is 12.6 Å². The molecule has 0 amide bonds. The van der Waals surface area contributed by atoms with Gasteiger partial charge in [0.1, 0.15) is 0 Å². The molecule has 1 aliphatic heterocycles. The summed E-state index contributed by atoms with van der Waals surface area (Å²) in [6.45, 7) is 8.14. The van der Waals surface area contributed by atoms with Gasteiger partial charge in [0.05, 0.1) is 0 Å². The summed E-state index contributed by atoms with van der Waals surface area (Å²) in [4.78, 5) is 2.48. The number of hydrogen-bond acceptors (Lipinski definition) is 1. The summed E-state index contributed by atoms with van der Waals surface area (Å²) >= 11 is 0. The minimum atomic E-state index is 0.710. The molecule has 1 aliphatic rings. The fourth-order valence-corrected chi connectivity index (χ4v) is 2.91. The second-order valence-electron chi connectivity index (χ2n) is 5.52. The first kappa shape index (κ1) is 11.7. The van der Waals surface area contributed by atoms with E-state index in [1.807, 2.05) is 0 Å². The highest BCUT2D eigenvalue weighted by Gasteiger charge is 2.29. The Balaban J connectivity index is 2.20. The summed E-state index contributed by atoms with van der Waals surface area (Å²) in [5.74, 6) is 1.51. The van der Waals surface area contributed by atoms with Crippen LogP contribution in [0.4, 0.5) is 0 Å². The van der Waals surface area contributed by atoms with Crippen molar-refractivity contribution in [2.24, 2.45) is 5.92 Å². The van der Waals surface area contributed by atoms with Crippen molar-refractivity contribution in [2.75, 3.05) is 13.6 Å². The Hall–Kier alpha value is -0.820. The van der Waals surface area contributed by atoms with E-state index in [0.29, 0.717) is 6.04 Å². The van der Waals surface area contributed by atoms with Crippen LogP contribution in [0.25, 0.3) is 0 Å². The molecule has 2 rings (SSSR count). The van der Waals surface area contributed by atoms with Gasteiger partial charge in [-0.3, -0.25) is 0 Å². The molecule has 1 fully saturated rings. The topological polar surface area (TPSA) is 3.24 Å². The summed E-state index contributed by atoms with van der Waals surface area (Å²) in [5, 5.41) is 0. The Labute approximate surface area is 99.5 Å². The lowest BCUT2D eigenvalue weighted by Crippen LogP contribution is -2.41. The van der Waals surface area contributed by atoms with Crippen LogP contribution in [0.2, 0.25) is 0 Å². The van der Waals surface area contributed by atoms with Crippen LogP contribution < -0.4 is 0 Å². The van der Waals surface area contributed by atoms with E-state index in [0.717, 1.165) is 11.8 Å². The van der Waals surface area contributed by atoms with Crippen LogP contribution in [0.3, 0.4) is 0 Å². The molecule has 0 radical (unpaired) electrons. The molecule has 16 heavy (non-hydrogen) atoms. The SMILES string of the molecule is Cc1cccc(C2CC(C)N(C)CC2C)c1. The molecule has 1 nitrogen and oxygen atoms in total. The second kappa shape index (κ2) is 4.58. The van der Waals surface area contributed by atoms with Crippen molar-refractivity contribution >= 4 is 0 Å². The summed E-state index contributed by atoms with van der Waals surface area (Å²) in [5.41, 5.74) is 2.92. The smallest absolute Gasteiger partial charge is 0.00699 e. The molecule has 88 valence electrons. The number of piperidine rings is 1. The fourth-order valence-electron chi connectivity index (χ4n) is 2.91. The Morgan fingerprint density at radius 2 is 2.00 bits per heavy atom. The number of aryl methyl sites for hydroxylation is 1. The molecule has 0 N–H and O–H groups in total. The molecule has 0 bridgehead atoms. The third kappa shape index (κ3) is 2.30. The predicted octanol–water partition coefficient (Wildman–Crippen LogP) is 3.44. The van der Waals surface area contributed by atoms with Gasteiger partial charge in [0.25, 0.3) is 0 Å². The van der Waals surface area contributed by atoms with Crippen LogP contribution in [0.5, 0.6) is 0 Å². The molecule has 1 heterocycles. The Morgan fingerprint density at radius 1 is 1.25 bits per heavy atom. The Bertz CT molecular complexity index is 358. The van der Waals surface area contributed by atoms with Crippen LogP contribution in [-0.4, -0.2) is 24.5 Å². The lowest BCUT2D eigenvalue weighted by Gasteiger charge is -2.40. The number of nitrogens with zero attached hydrogens (tertiary/aromatic N) is 1. The minimum absolute atomic E-state index is 0.710. The first-order chi connectivity index (χ1) is 7.58. The van der Waals surface area contributed by atoms with Crippen molar-refractivity contribution in [2.45, 2.75) is 39.2 Å². The van der Waals surface area contributed by atoms with E-state index in [-0.39, 0.29) is 0 Å². The quantitative estimate of drug-likeness (QED) is 0.696. The first-order valence-electron chi connectivity index (χ1n) is 6.34. The maximum atomic E-state index is 2.48. The van der Waals surface area contributed by atoms with E-state index in [9.17, 15) is 0 Å². The molecular weight excluding hydrogens is 194 g/mol. The zero-order chi connectivity index (χ0) is 11.7. The zero-order valence-electron chi connectivity index (χ0n) is 10.9. The lowest BCUT2D eigenvalue weighted by molar-refractivity contribution is 0.136. The largest absolute Gasteiger partial charge is 0.303 e. The van der Waals surface area contributed by atoms with Gasteiger partial charge in [-0.05, 0) is 44.7 Å². The third-order valence-corrected chi connectivity index (χ3v) is 4.08. The average Bonchev–Trinajstić information content (AvgIpc) is 2.23. The van der Waals surface area contributed by atoms with Crippen LogP contribution in [0.1, 0.15) is 37.3 Å². The zero-order valence-corrected chi connectivity index (χ0v) is 10.9. The normalized spacial score (nSPS) is 31.6. The maximum absolute atomic E-state index is 2.48. The number of hydrogen-bond donors (Lipinski definition) is 0. The van der Waals surface area contributed by atoms with Crippen LogP contribution in [0.15, 0.2) is 24.3 Å². The molecule has 0 aliphatic carbocycles. The van der Waals surface area contributed by atoms with E-state index in [2.05, 4.69) is 57.0 Å². The van der Waals surface area contributed by atoms with Crippen molar-refractivity contribution in [3.8, 4) is 0 Å². The van der Waals surface area contributed by atoms with Gasteiger partial charge in [0.15, 0.2) is 0 Å². The minimum Gasteiger partial charge on any atom is -0.303 e. The van der Waals surface area contributed by atoms with Crippen molar-refractivity contribution in [3.05, 3.63) is 35.4 Å². The molecule has 1 saturated heterocycles. The molecule has 0 aromatic heterocycles. The van der Waals surface area contributed by atoms with Gasteiger partial charge >= 0.3 is 0 Å². The summed E-state index contributed by atoms with van der Waals surface area (Å²) in [7, 11) is 2.24. The molecular formula is C15H23N. The van der Waals surface area contributed by atoms with Gasteiger partial charge in [-0.25, -0.2) is 0 Å². The third-order valence-electron chi connectivity index (χ3n) is 4.08. The fraction of sp³-hybridized carbons (Fsp3) is 0.600. The lowest BCUT2D eigenvalue weighted by atomic mass is 9.79. The molecule has 3 unspecified atom stereocenters. The predicted molar refractivity (Wildman–Crippen MR) is 69.8 cm³/mol. The van der Waals surface area contributed by atoms with Crippen molar-refractivity contribution < 1.29 is 0 Å². The van der Waals surface area contributed by atoms with Crippen molar-refractivity contribution in [1.82, 2.24) is 4.90 Å². The van der Waals surface area contributed by atoms with E-state index >= 15 is 0 Å².